The van der Waals surface area contributed by atoms with E-state index in [4.69, 9.17) is 4.42 Å². The van der Waals surface area contributed by atoms with Gasteiger partial charge in [0.1, 0.15) is 17.2 Å². The third kappa shape index (κ3) is 4.09. The van der Waals surface area contributed by atoms with Crippen LogP contribution in [0.15, 0.2) is 53.1 Å². The van der Waals surface area contributed by atoms with Crippen LogP contribution in [0.25, 0.3) is 11.0 Å². The number of amides is 2. The van der Waals surface area contributed by atoms with Gasteiger partial charge in [0.25, 0.3) is 0 Å². The molecule has 0 aliphatic carbocycles. The summed E-state index contributed by atoms with van der Waals surface area (Å²) in [5.41, 5.74) is 1.84. The largest absolute Gasteiger partial charge is 0.459 e. The minimum Gasteiger partial charge on any atom is -0.459 e. The number of carbonyl (C=O) groups excluding carboxylic acids is 1. The van der Waals surface area contributed by atoms with Gasteiger partial charge in [0.2, 0.25) is 0 Å². The van der Waals surface area contributed by atoms with Crippen molar-refractivity contribution >= 4 is 22.8 Å². The van der Waals surface area contributed by atoms with E-state index in [1.54, 1.807) is 18.1 Å². The van der Waals surface area contributed by atoms with E-state index in [2.05, 4.69) is 10.3 Å². The van der Waals surface area contributed by atoms with E-state index in [9.17, 15) is 4.79 Å². The molecule has 6 nitrogen and oxygen atoms in total. The van der Waals surface area contributed by atoms with E-state index in [1.807, 2.05) is 61.5 Å². The second kappa shape index (κ2) is 7.25. The molecule has 3 rings (SSSR count). The first-order valence-electron chi connectivity index (χ1n) is 8.11. The summed E-state index contributed by atoms with van der Waals surface area (Å²) in [6.45, 7) is 0.868. The highest BCUT2D eigenvalue weighted by atomic mass is 16.3. The van der Waals surface area contributed by atoms with Gasteiger partial charge in [0.15, 0.2) is 0 Å². The van der Waals surface area contributed by atoms with Gasteiger partial charge in [-0.1, -0.05) is 18.2 Å². The van der Waals surface area contributed by atoms with Gasteiger partial charge in [0.05, 0.1) is 6.54 Å². The highest BCUT2D eigenvalue weighted by Gasteiger charge is 2.12. The van der Waals surface area contributed by atoms with Gasteiger partial charge < -0.3 is 19.5 Å². The minimum absolute atomic E-state index is 0.149. The molecule has 0 saturated carbocycles. The number of urea groups is 1. The number of hydrogen-bond acceptors (Lipinski definition) is 4. The molecule has 2 amide bonds. The van der Waals surface area contributed by atoms with Crippen molar-refractivity contribution in [1.82, 2.24) is 15.2 Å². The Morgan fingerprint density at radius 2 is 1.96 bits per heavy atom. The molecule has 0 bridgehead atoms. The molecule has 0 unspecified atom stereocenters. The quantitative estimate of drug-likeness (QED) is 0.776. The number of fused-ring (bicyclic) bond motifs is 1. The molecule has 1 N–H and O–H groups in total. The molecule has 2 aromatic heterocycles. The number of benzene rings is 1. The van der Waals surface area contributed by atoms with Crippen LogP contribution >= 0.6 is 0 Å². The highest BCUT2D eigenvalue weighted by molar-refractivity contribution is 5.78. The molecule has 0 atom stereocenters. The monoisotopic (exact) mass is 338 g/mol. The van der Waals surface area contributed by atoms with Gasteiger partial charge >= 0.3 is 6.03 Å². The van der Waals surface area contributed by atoms with Crippen LogP contribution in [-0.2, 0) is 13.1 Å². The van der Waals surface area contributed by atoms with Crippen molar-refractivity contribution in [2.45, 2.75) is 13.1 Å². The lowest BCUT2D eigenvalue weighted by Gasteiger charge is -2.17. The molecule has 0 aliphatic heterocycles. The topological polar surface area (TPSA) is 61.6 Å². The van der Waals surface area contributed by atoms with Crippen molar-refractivity contribution in [1.29, 1.82) is 0 Å². The number of rotatable bonds is 5. The van der Waals surface area contributed by atoms with Crippen molar-refractivity contribution in [3.8, 4) is 0 Å². The molecule has 0 radical (unpaired) electrons. The van der Waals surface area contributed by atoms with Crippen LogP contribution in [0.2, 0.25) is 0 Å². The predicted octanol–water partition coefficient (Wildman–Crippen LogP) is 3.24. The zero-order valence-electron chi connectivity index (χ0n) is 14.7. The Hall–Kier alpha value is -3.02. The Bertz CT molecular complexity index is 839. The zero-order chi connectivity index (χ0) is 17.8. The molecule has 2 heterocycles. The lowest BCUT2D eigenvalue weighted by molar-refractivity contribution is 0.203. The summed E-state index contributed by atoms with van der Waals surface area (Å²) in [6, 6.07) is 13.5. The fraction of sp³-hybridized carbons (Fsp3) is 0.263. The molecule has 0 spiro atoms. The fourth-order valence-electron chi connectivity index (χ4n) is 2.55. The van der Waals surface area contributed by atoms with Crippen LogP contribution in [0.5, 0.6) is 0 Å². The third-order valence-corrected chi connectivity index (χ3v) is 3.93. The molecule has 1 aromatic carbocycles. The normalized spacial score (nSPS) is 10.7. The smallest absolute Gasteiger partial charge is 0.317 e. The number of carbonyl (C=O) groups is 1. The van der Waals surface area contributed by atoms with E-state index in [0.29, 0.717) is 13.1 Å². The molecule has 130 valence electrons. The summed E-state index contributed by atoms with van der Waals surface area (Å²) in [5.74, 6) is 1.63. The molecule has 0 fully saturated rings. The van der Waals surface area contributed by atoms with Crippen LogP contribution < -0.4 is 10.2 Å². The van der Waals surface area contributed by atoms with E-state index in [1.165, 1.54) is 0 Å². The molecule has 6 heteroatoms. The van der Waals surface area contributed by atoms with Crippen molar-refractivity contribution in [3.05, 3.63) is 60.0 Å². The Kier molecular flexibility index (Phi) is 4.88. The molecule has 3 aromatic rings. The maximum Gasteiger partial charge on any atom is 0.317 e. The maximum atomic E-state index is 12.3. The van der Waals surface area contributed by atoms with Crippen molar-refractivity contribution in [2.24, 2.45) is 0 Å². The number of furan rings is 1. The van der Waals surface area contributed by atoms with E-state index >= 15 is 0 Å². The summed E-state index contributed by atoms with van der Waals surface area (Å²) in [7, 11) is 5.62. The SMILES string of the molecule is CN(Cc1cc2ccccc2o1)C(=O)NCc1ccnc(N(C)C)c1. The van der Waals surface area contributed by atoms with Crippen molar-refractivity contribution in [2.75, 3.05) is 26.0 Å². The number of aromatic nitrogens is 1. The van der Waals surface area contributed by atoms with Gasteiger partial charge in [-0.25, -0.2) is 9.78 Å². The average molecular weight is 338 g/mol. The van der Waals surface area contributed by atoms with Gasteiger partial charge in [-0.3, -0.25) is 0 Å². The number of pyridine rings is 1. The number of anilines is 1. The lowest BCUT2D eigenvalue weighted by Crippen LogP contribution is -2.36. The Morgan fingerprint density at radius 3 is 2.72 bits per heavy atom. The second-order valence-corrected chi connectivity index (χ2v) is 6.18. The summed E-state index contributed by atoms with van der Waals surface area (Å²) in [4.78, 5) is 20.1. The minimum atomic E-state index is -0.149. The lowest BCUT2D eigenvalue weighted by atomic mass is 10.2. The fourth-order valence-corrected chi connectivity index (χ4v) is 2.55. The Morgan fingerprint density at radius 1 is 1.16 bits per heavy atom. The maximum absolute atomic E-state index is 12.3. The van der Waals surface area contributed by atoms with E-state index < -0.39 is 0 Å². The summed E-state index contributed by atoms with van der Waals surface area (Å²) in [5, 5.41) is 3.96. The summed E-state index contributed by atoms with van der Waals surface area (Å²) in [6.07, 6.45) is 1.74. The highest BCUT2D eigenvalue weighted by Crippen LogP contribution is 2.19. The number of nitrogens with zero attached hydrogens (tertiary/aromatic N) is 3. The second-order valence-electron chi connectivity index (χ2n) is 6.18. The molecular formula is C19H22N4O2. The van der Waals surface area contributed by atoms with Crippen molar-refractivity contribution < 1.29 is 9.21 Å². The van der Waals surface area contributed by atoms with Gasteiger partial charge in [-0.15, -0.1) is 0 Å². The van der Waals surface area contributed by atoms with Crippen LogP contribution in [0.3, 0.4) is 0 Å². The van der Waals surface area contributed by atoms with Crippen molar-refractivity contribution in [3.63, 3.8) is 0 Å². The zero-order valence-corrected chi connectivity index (χ0v) is 14.7. The summed E-state index contributed by atoms with van der Waals surface area (Å²) < 4.78 is 5.76. The third-order valence-electron chi connectivity index (χ3n) is 3.93. The molecular weight excluding hydrogens is 316 g/mol. The van der Waals surface area contributed by atoms with Crippen LogP contribution in [0.1, 0.15) is 11.3 Å². The summed E-state index contributed by atoms with van der Waals surface area (Å²) >= 11 is 0. The molecule has 0 saturated heterocycles. The first kappa shape index (κ1) is 16.8. The number of nitrogens with one attached hydrogen (secondary N) is 1. The number of hydrogen-bond donors (Lipinski definition) is 1. The Labute approximate surface area is 147 Å². The standard InChI is InChI=1S/C19H22N4O2/c1-22(2)18-10-14(8-9-20-18)12-21-19(24)23(3)13-16-11-15-6-4-5-7-17(15)25-16/h4-11H,12-13H2,1-3H3,(H,21,24). The van der Waals surface area contributed by atoms with E-state index in [0.717, 1.165) is 28.1 Å². The van der Waals surface area contributed by atoms with Crippen LogP contribution in [0, 0.1) is 0 Å². The van der Waals surface area contributed by atoms with Gasteiger partial charge in [-0.2, -0.15) is 0 Å². The number of para-hydroxylation sites is 1. The first-order valence-corrected chi connectivity index (χ1v) is 8.11. The predicted molar refractivity (Wildman–Crippen MR) is 98.5 cm³/mol. The van der Waals surface area contributed by atoms with Gasteiger partial charge in [-0.05, 0) is 29.8 Å². The van der Waals surface area contributed by atoms with Gasteiger partial charge in [0, 0.05) is 39.3 Å². The van der Waals surface area contributed by atoms with E-state index in [-0.39, 0.29) is 6.03 Å². The molecule has 25 heavy (non-hydrogen) atoms. The first-order chi connectivity index (χ1) is 12.0. The average Bonchev–Trinajstić information content (AvgIpc) is 3.02. The van der Waals surface area contributed by atoms with Crippen LogP contribution in [0.4, 0.5) is 10.6 Å². The van der Waals surface area contributed by atoms with Crippen LogP contribution in [-0.4, -0.2) is 37.1 Å². The Balaban J connectivity index is 1.58. The molecule has 0 aliphatic rings.